The molecule has 5 rings (SSSR count). The van der Waals surface area contributed by atoms with Gasteiger partial charge in [-0.05, 0) is 29.2 Å². The van der Waals surface area contributed by atoms with Crippen LogP contribution in [0.3, 0.4) is 0 Å². The normalized spacial score (nSPS) is 17.1. The molecule has 2 aliphatic rings. The zero-order chi connectivity index (χ0) is 18.9. The largest absolute Gasteiger partial charge is 0.322 e. The van der Waals surface area contributed by atoms with Gasteiger partial charge in [-0.25, -0.2) is 0 Å². The Morgan fingerprint density at radius 2 is 1.39 bits per heavy atom. The van der Waals surface area contributed by atoms with Crippen molar-refractivity contribution in [3.8, 4) is 11.1 Å². The third kappa shape index (κ3) is 3.02. The summed E-state index contributed by atoms with van der Waals surface area (Å²) in [5.74, 6) is 0. The van der Waals surface area contributed by atoms with E-state index in [4.69, 9.17) is 5.10 Å². The van der Waals surface area contributed by atoms with E-state index < -0.39 is 0 Å². The first kappa shape index (κ1) is 17.2. The number of hydrogen-bond donors (Lipinski definition) is 1. The van der Waals surface area contributed by atoms with Gasteiger partial charge in [0, 0.05) is 11.1 Å². The molecule has 3 aromatic carbocycles. The number of nitrogens with one attached hydrogen (secondary N) is 1. The summed E-state index contributed by atoms with van der Waals surface area (Å²) in [6.07, 6.45) is 2.01. The highest BCUT2D eigenvalue weighted by molar-refractivity contribution is 5.81. The van der Waals surface area contributed by atoms with Crippen LogP contribution in [0.2, 0.25) is 0 Å². The molecule has 1 aliphatic carbocycles. The second-order valence-electron chi connectivity index (χ2n) is 7.82. The van der Waals surface area contributed by atoms with Crippen molar-refractivity contribution in [1.82, 2.24) is 5.01 Å². The van der Waals surface area contributed by atoms with Gasteiger partial charge in [-0.1, -0.05) is 72.8 Å². The predicted octanol–water partition coefficient (Wildman–Crippen LogP) is 3.30. The van der Waals surface area contributed by atoms with Crippen LogP contribution in [0.15, 0.2) is 77.9 Å². The summed E-state index contributed by atoms with van der Waals surface area (Å²) in [6, 6.07) is 26.7. The lowest BCUT2D eigenvalue weighted by atomic mass is 10.0. The highest BCUT2D eigenvalue weighted by Gasteiger charge is 2.37. The molecule has 3 nitrogen and oxygen atoms in total. The van der Waals surface area contributed by atoms with Gasteiger partial charge in [0.05, 0.1) is 32.4 Å². The summed E-state index contributed by atoms with van der Waals surface area (Å²) in [5, 5.41) is 6.98. The topological polar surface area (TPSA) is 20.0 Å². The van der Waals surface area contributed by atoms with Crippen molar-refractivity contribution in [2.45, 2.75) is 13.0 Å². The Hall–Kier alpha value is -2.91. The Balaban J connectivity index is 1.33. The minimum Gasteiger partial charge on any atom is -0.322 e. The van der Waals surface area contributed by atoms with Crippen molar-refractivity contribution in [1.29, 1.82) is 0 Å². The molecule has 140 valence electrons. The number of piperazine rings is 1. The van der Waals surface area contributed by atoms with Gasteiger partial charge in [0.25, 0.3) is 0 Å². The third-order valence-electron chi connectivity index (χ3n) is 6.17. The fourth-order valence-electron chi connectivity index (χ4n) is 4.66. The van der Waals surface area contributed by atoms with Crippen LogP contribution in [-0.2, 0) is 0 Å². The molecular weight excluding hydrogens is 342 g/mol. The van der Waals surface area contributed by atoms with Gasteiger partial charge < -0.3 is 4.90 Å². The van der Waals surface area contributed by atoms with Gasteiger partial charge in [0.1, 0.15) is 6.04 Å². The van der Waals surface area contributed by atoms with Crippen LogP contribution < -0.4 is 4.90 Å². The summed E-state index contributed by atoms with van der Waals surface area (Å²) in [6.45, 7) is 6.35. The number of hydrazone groups is 1. The minimum absolute atomic E-state index is 0.454. The van der Waals surface area contributed by atoms with Crippen LogP contribution in [0.1, 0.15) is 28.3 Å². The van der Waals surface area contributed by atoms with Crippen LogP contribution in [-0.4, -0.2) is 37.4 Å². The first-order valence-corrected chi connectivity index (χ1v) is 10.2. The summed E-state index contributed by atoms with van der Waals surface area (Å²) < 4.78 is 0. The van der Waals surface area contributed by atoms with E-state index in [0.29, 0.717) is 6.04 Å². The quantitative estimate of drug-likeness (QED) is 0.703. The number of rotatable bonds is 3. The monoisotopic (exact) mass is 368 g/mol. The molecule has 1 heterocycles. The van der Waals surface area contributed by atoms with E-state index in [1.54, 1.807) is 4.90 Å². The molecule has 1 fully saturated rings. The SMILES string of the molecule is Cc1ccccc1/C=N/N1CC[NH+](C2c3ccccc3-c3ccccc32)CC1. The Morgan fingerprint density at radius 1 is 0.821 bits per heavy atom. The standard InChI is InChI=1S/C25H25N3/c1-19-8-2-3-9-20(19)18-26-28-16-14-27(15-17-28)25-23-12-6-4-10-21(23)22-11-5-7-13-24(22)25/h2-13,18,25H,14-17H2,1H3/p+1/b26-18+. The molecule has 0 unspecified atom stereocenters. The molecule has 0 aromatic heterocycles. The number of benzene rings is 3. The van der Waals surface area contributed by atoms with Crippen LogP contribution in [0.4, 0.5) is 0 Å². The van der Waals surface area contributed by atoms with E-state index in [1.165, 1.54) is 33.4 Å². The highest BCUT2D eigenvalue weighted by atomic mass is 15.5. The van der Waals surface area contributed by atoms with E-state index in [0.717, 1.165) is 26.2 Å². The lowest BCUT2D eigenvalue weighted by Crippen LogP contribution is -3.14. The van der Waals surface area contributed by atoms with Gasteiger partial charge in [0.15, 0.2) is 0 Å². The van der Waals surface area contributed by atoms with E-state index in [2.05, 4.69) is 84.7 Å². The molecule has 0 amide bonds. The van der Waals surface area contributed by atoms with Gasteiger partial charge in [-0.3, -0.25) is 5.01 Å². The number of quaternary nitrogens is 1. The van der Waals surface area contributed by atoms with Gasteiger partial charge in [0.2, 0.25) is 0 Å². The second-order valence-corrected chi connectivity index (χ2v) is 7.82. The summed E-state index contributed by atoms with van der Waals surface area (Å²) in [7, 11) is 0. The average Bonchev–Trinajstić information content (AvgIpc) is 3.08. The third-order valence-corrected chi connectivity index (χ3v) is 6.17. The molecular formula is C25H26N3+. The maximum atomic E-state index is 4.76. The minimum atomic E-state index is 0.454. The van der Waals surface area contributed by atoms with Gasteiger partial charge in [-0.2, -0.15) is 5.10 Å². The first-order valence-electron chi connectivity index (χ1n) is 10.2. The molecule has 1 N–H and O–H groups in total. The van der Waals surface area contributed by atoms with Crippen molar-refractivity contribution in [3.05, 3.63) is 95.1 Å². The Bertz CT molecular complexity index is 970. The van der Waals surface area contributed by atoms with Gasteiger partial charge >= 0.3 is 0 Å². The zero-order valence-corrected chi connectivity index (χ0v) is 16.3. The zero-order valence-electron chi connectivity index (χ0n) is 16.3. The predicted molar refractivity (Wildman–Crippen MR) is 115 cm³/mol. The average molecular weight is 369 g/mol. The number of hydrogen-bond acceptors (Lipinski definition) is 2. The molecule has 1 aliphatic heterocycles. The van der Waals surface area contributed by atoms with Crippen molar-refractivity contribution in [2.75, 3.05) is 26.2 Å². The summed E-state index contributed by atoms with van der Waals surface area (Å²) >= 11 is 0. The molecule has 1 saturated heterocycles. The van der Waals surface area contributed by atoms with Crippen LogP contribution in [0, 0.1) is 6.92 Å². The Morgan fingerprint density at radius 3 is 2.04 bits per heavy atom. The van der Waals surface area contributed by atoms with E-state index in [9.17, 15) is 0 Å². The lowest BCUT2D eigenvalue weighted by Gasteiger charge is -2.34. The van der Waals surface area contributed by atoms with Crippen molar-refractivity contribution >= 4 is 6.21 Å². The molecule has 0 atom stereocenters. The van der Waals surface area contributed by atoms with E-state index in [-0.39, 0.29) is 0 Å². The highest BCUT2D eigenvalue weighted by Crippen LogP contribution is 2.41. The maximum Gasteiger partial charge on any atom is 0.140 e. The lowest BCUT2D eigenvalue weighted by molar-refractivity contribution is -0.929. The molecule has 3 heteroatoms. The Kier molecular flexibility index (Phi) is 4.46. The molecule has 28 heavy (non-hydrogen) atoms. The molecule has 0 radical (unpaired) electrons. The van der Waals surface area contributed by atoms with Crippen molar-refractivity contribution < 1.29 is 4.90 Å². The second kappa shape index (κ2) is 7.25. The molecule has 0 spiro atoms. The molecule has 0 saturated carbocycles. The van der Waals surface area contributed by atoms with Crippen LogP contribution in [0.25, 0.3) is 11.1 Å². The smallest absolute Gasteiger partial charge is 0.140 e. The van der Waals surface area contributed by atoms with Crippen LogP contribution >= 0.6 is 0 Å². The Labute approximate surface area is 166 Å². The number of fused-ring (bicyclic) bond motifs is 3. The maximum absolute atomic E-state index is 4.76. The number of nitrogens with zero attached hydrogens (tertiary/aromatic N) is 2. The molecule has 0 bridgehead atoms. The van der Waals surface area contributed by atoms with Crippen LogP contribution in [0.5, 0.6) is 0 Å². The fourth-order valence-corrected chi connectivity index (χ4v) is 4.66. The molecule has 3 aromatic rings. The summed E-state index contributed by atoms with van der Waals surface area (Å²) in [5.41, 5.74) is 8.27. The van der Waals surface area contributed by atoms with Gasteiger partial charge in [-0.15, -0.1) is 0 Å². The number of aryl methyl sites for hydroxylation is 1. The van der Waals surface area contributed by atoms with Crippen molar-refractivity contribution in [2.24, 2.45) is 5.10 Å². The van der Waals surface area contributed by atoms with E-state index in [1.807, 2.05) is 6.21 Å². The van der Waals surface area contributed by atoms with E-state index >= 15 is 0 Å². The summed E-state index contributed by atoms with van der Waals surface area (Å²) in [4.78, 5) is 1.65. The fraction of sp³-hybridized carbons (Fsp3) is 0.240. The first-order chi connectivity index (χ1) is 13.8. The van der Waals surface area contributed by atoms with Crippen molar-refractivity contribution in [3.63, 3.8) is 0 Å².